The minimum Gasteiger partial charge on any atom is -0.496 e. The van der Waals surface area contributed by atoms with Crippen LogP contribution in [-0.4, -0.2) is 12.1 Å². The molecule has 0 N–H and O–H groups in total. The summed E-state index contributed by atoms with van der Waals surface area (Å²) in [5.74, 6) is 0.759. The monoisotopic (exact) mass is 228 g/mol. The van der Waals surface area contributed by atoms with E-state index in [2.05, 4.69) is 11.1 Å². The standard InChI is InChI=1S/C12H10N2O.C2H6/c1-8-5-12(15-2)10-6-9(7-13)3-4-11(10)14-8;1-2/h3-6H,1-2H3;1-2H3. The molecule has 2 aromatic rings. The second-order valence-electron chi connectivity index (χ2n) is 3.31. The van der Waals surface area contributed by atoms with E-state index in [4.69, 9.17) is 10.00 Å². The molecule has 0 aliphatic carbocycles. The third-order valence-corrected chi connectivity index (χ3v) is 2.25. The summed E-state index contributed by atoms with van der Waals surface area (Å²) in [6.45, 7) is 5.92. The van der Waals surface area contributed by atoms with Crippen molar-refractivity contribution in [3.63, 3.8) is 0 Å². The van der Waals surface area contributed by atoms with Crippen LogP contribution < -0.4 is 4.74 Å². The summed E-state index contributed by atoms with van der Waals surface area (Å²) in [5.41, 5.74) is 2.38. The van der Waals surface area contributed by atoms with Gasteiger partial charge in [-0.15, -0.1) is 0 Å². The molecule has 3 nitrogen and oxygen atoms in total. The highest BCUT2D eigenvalue weighted by molar-refractivity contribution is 5.86. The topological polar surface area (TPSA) is 45.9 Å². The molecule has 0 aliphatic heterocycles. The number of fused-ring (bicyclic) bond motifs is 1. The molecule has 0 spiro atoms. The molecular formula is C14H16N2O. The Labute approximate surface area is 102 Å². The van der Waals surface area contributed by atoms with Crippen LogP contribution in [0.5, 0.6) is 5.75 Å². The molecule has 0 fully saturated rings. The van der Waals surface area contributed by atoms with E-state index >= 15 is 0 Å². The van der Waals surface area contributed by atoms with Gasteiger partial charge in [0.15, 0.2) is 0 Å². The SMILES string of the molecule is CC.COc1cc(C)nc2ccc(C#N)cc12. The zero-order chi connectivity index (χ0) is 12.8. The maximum atomic E-state index is 8.80. The fourth-order valence-electron chi connectivity index (χ4n) is 1.56. The zero-order valence-electron chi connectivity index (χ0n) is 10.6. The van der Waals surface area contributed by atoms with E-state index in [9.17, 15) is 0 Å². The third-order valence-electron chi connectivity index (χ3n) is 2.25. The van der Waals surface area contributed by atoms with Crippen LogP contribution >= 0.6 is 0 Å². The fraction of sp³-hybridized carbons (Fsp3) is 0.286. The smallest absolute Gasteiger partial charge is 0.130 e. The first-order valence-corrected chi connectivity index (χ1v) is 5.60. The van der Waals surface area contributed by atoms with Crippen LogP contribution in [0.2, 0.25) is 0 Å². The Hall–Kier alpha value is -2.08. The van der Waals surface area contributed by atoms with Crippen molar-refractivity contribution in [3.05, 3.63) is 35.5 Å². The molecular weight excluding hydrogens is 212 g/mol. The number of nitrogens with zero attached hydrogens (tertiary/aromatic N) is 2. The van der Waals surface area contributed by atoms with Crippen molar-refractivity contribution in [1.29, 1.82) is 5.26 Å². The first-order valence-electron chi connectivity index (χ1n) is 5.60. The number of hydrogen-bond donors (Lipinski definition) is 0. The predicted molar refractivity (Wildman–Crippen MR) is 69.1 cm³/mol. The number of pyridine rings is 1. The van der Waals surface area contributed by atoms with Crippen LogP contribution in [-0.2, 0) is 0 Å². The number of benzene rings is 1. The number of aromatic nitrogens is 1. The van der Waals surface area contributed by atoms with Gasteiger partial charge in [0.2, 0.25) is 0 Å². The van der Waals surface area contributed by atoms with Crippen LogP contribution in [0.15, 0.2) is 24.3 Å². The van der Waals surface area contributed by atoms with Gasteiger partial charge in [-0.05, 0) is 25.1 Å². The zero-order valence-corrected chi connectivity index (χ0v) is 10.6. The molecule has 17 heavy (non-hydrogen) atoms. The molecule has 0 unspecified atom stereocenters. The summed E-state index contributed by atoms with van der Waals surface area (Å²) in [4.78, 5) is 4.37. The van der Waals surface area contributed by atoms with Crippen LogP contribution in [0, 0.1) is 18.3 Å². The molecule has 2 rings (SSSR count). The summed E-state index contributed by atoms with van der Waals surface area (Å²) in [7, 11) is 1.62. The number of aryl methyl sites for hydroxylation is 1. The highest BCUT2D eigenvalue weighted by Gasteiger charge is 2.04. The van der Waals surface area contributed by atoms with Crippen molar-refractivity contribution in [3.8, 4) is 11.8 Å². The first-order chi connectivity index (χ1) is 8.24. The van der Waals surface area contributed by atoms with Gasteiger partial charge in [0.1, 0.15) is 5.75 Å². The van der Waals surface area contributed by atoms with Crippen molar-refractivity contribution in [2.45, 2.75) is 20.8 Å². The molecule has 0 atom stereocenters. The average Bonchev–Trinajstić information content (AvgIpc) is 2.39. The van der Waals surface area contributed by atoms with Crippen LogP contribution in [0.1, 0.15) is 25.1 Å². The molecule has 0 amide bonds. The van der Waals surface area contributed by atoms with E-state index in [1.54, 1.807) is 19.2 Å². The van der Waals surface area contributed by atoms with Gasteiger partial charge in [-0.25, -0.2) is 0 Å². The van der Waals surface area contributed by atoms with Gasteiger partial charge in [-0.1, -0.05) is 13.8 Å². The van der Waals surface area contributed by atoms with E-state index in [0.29, 0.717) is 5.56 Å². The molecule has 88 valence electrons. The number of ether oxygens (including phenoxy) is 1. The lowest BCUT2D eigenvalue weighted by molar-refractivity contribution is 0.419. The van der Waals surface area contributed by atoms with Gasteiger partial charge < -0.3 is 4.74 Å². The van der Waals surface area contributed by atoms with Crippen molar-refractivity contribution >= 4 is 10.9 Å². The fourth-order valence-corrected chi connectivity index (χ4v) is 1.56. The first kappa shape index (κ1) is 13.0. The lowest BCUT2D eigenvalue weighted by atomic mass is 10.1. The maximum absolute atomic E-state index is 8.80. The highest BCUT2D eigenvalue weighted by Crippen LogP contribution is 2.25. The van der Waals surface area contributed by atoms with E-state index in [0.717, 1.165) is 22.3 Å². The Morgan fingerprint density at radius 1 is 1.24 bits per heavy atom. The number of methoxy groups -OCH3 is 1. The van der Waals surface area contributed by atoms with Crippen molar-refractivity contribution in [1.82, 2.24) is 4.98 Å². The molecule has 0 saturated carbocycles. The molecule has 0 saturated heterocycles. The van der Waals surface area contributed by atoms with Crippen LogP contribution in [0.4, 0.5) is 0 Å². The minimum atomic E-state index is 0.617. The molecule has 0 aliphatic rings. The molecule has 1 heterocycles. The minimum absolute atomic E-state index is 0.617. The average molecular weight is 228 g/mol. The molecule has 1 aromatic heterocycles. The largest absolute Gasteiger partial charge is 0.496 e. The van der Waals surface area contributed by atoms with Gasteiger partial charge in [0.25, 0.3) is 0 Å². The summed E-state index contributed by atoms with van der Waals surface area (Å²) in [5, 5.41) is 9.68. The number of nitriles is 1. The Morgan fingerprint density at radius 2 is 1.94 bits per heavy atom. The maximum Gasteiger partial charge on any atom is 0.130 e. The van der Waals surface area contributed by atoms with Crippen LogP contribution in [0.25, 0.3) is 10.9 Å². The summed E-state index contributed by atoms with van der Waals surface area (Å²) in [6.07, 6.45) is 0. The van der Waals surface area contributed by atoms with E-state index in [1.807, 2.05) is 32.9 Å². The Balaban J connectivity index is 0.000000686. The van der Waals surface area contributed by atoms with Crippen molar-refractivity contribution in [2.75, 3.05) is 7.11 Å². The lowest BCUT2D eigenvalue weighted by Gasteiger charge is -2.06. The van der Waals surface area contributed by atoms with Crippen molar-refractivity contribution in [2.24, 2.45) is 0 Å². The number of hydrogen-bond acceptors (Lipinski definition) is 3. The normalized spacial score (nSPS) is 9.12. The molecule has 0 bridgehead atoms. The Morgan fingerprint density at radius 3 is 2.53 bits per heavy atom. The number of rotatable bonds is 1. The molecule has 0 radical (unpaired) electrons. The third kappa shape index (κ3) is 2.73. The van der Waals surface area contributed by atoms with Crippen LogP contribution in [0.3, 0.4) is 0 Å². The lowest BCUT2D eigenvalue weighted by Crippen LogP contribution is -1.90. The second kappa shape index (κ2) is 5.86. The summed E-state index contributed by atoms with van der Waals surface area (Å²) >= 11 is 0. The summed E-state index contributed by atoms with van der Waals surface area (Å²) < 4.78 is 5.26. The highest BCUT2D eigenvalue weighted by atomic mass is 16.5. The second-order valence-corrected chi connectivity index (χ2v) is 3.31. The van der Waals surface area contributed by atoms with Gasteiger partial charge in [-0.3, -0.25) is 4.98 Å². The predicted octanol–water partition coefficient (Wildman–Crippen LogP) is 3.45. The van der Waals surface area contributed by atoms with E-state index in [-0.39, 0.29) is 0 Å². The molecule has 3 heteroatoms. The van der Waals surface area contributed by atoms with Gasteiger partial charge in [0, 0.05) is 17.1 Å². The molecule has 1 aromatic carbocycles. The van der Waals surface area contributed by atoms with E-state index in [1.165, 1.54) is 0 Å². The van der Waals surface area contributed by atoms with Gasteiger partial charge in [0.05, 0.1) is 24.3 Å². The van der Waals surface area contributed by atoms with Gasteiger partial charge in [-0.2, -0.15) is 5.26 Å². The van der Waals surface area contributed by atoms with Crippen molar-refractivity contribution < 1.29 is 4.74 Å². The Bertz CT molecular complexity index is 556. The van der Waals surface area contributed by atoms with Gasteiger partial charge >= 0.3 is 0 Å². The van der Waals surface area contributed by atoms with E-state index < -0.39 is 0 Å². The summed E-state index contributed by atoms with van der Waals surface area (Å²) in [6, 6.07) is 9.35. The Kier molecular flexibility index (Phi) is 4.47. The quantitative estimate of drug-likeness (QED) is 0.751.